The van der Waals surface area contributed by atoms with Gasteiger partial charge in [-0.2, -0.15) is 0 Å². The van der Waals surface area contributed by atoms with Gasteiger partial charge in [-0.1, -0.05) is 18.2 Å². The minimum absolute atomic E-state index is 0.227. The highest BCUT2D eigenvalue weighted by atomic mass is 35.5. The minimum atomic E-state index is -0.672. The molecule has 2 aromatic rings. The molecule has 0 N–H and O–H groups in total. The third-order valence-electron chi connectivity index (χ3n) is 3.38. The number of anilines is 1. The highest BCUT2D eigenvalue weighted by Crippen LogP contribution is 2.33. The number of benzene rings is 1. The molecule has 5 heteroatoms. The van der Waals surface area contributed by atoms with Crippen LogP contribution in [0, 0.1) is 0 Å². The normalized spacial score (nSPS) is 15.8. The Bertz CT molecular complexity index is 574. The summed E-state index contributed by atoms with van der Waals surface area (Å²) in [7, 11) is -0.672. The Kier molecular flexibility index (Phi) is 3.46. The lowest BCUT2D eigenvalue weighted by molar-refractivity contribution is 0.789. The lowest BCUT2D eigenvalue weighted by Gasteiger charge is -2.32. The maximum Gasteiger partial charge on any atom is 0.159 e. The fraction of sp³-hybridized carbons (Fsp3) is 0.308. The molecular weight excluding hydrogens is 283 g/mol. The van der Waals surface area contributed by atoms with Crippen LogP contribution in [0.4, 0.5) is 5.69 Å². The van der Waals surface area contributed by atoms with Crippen LogP contribution in [0.5, 0.6) is 0 Å². The Labute approximate surface area is 119 Å². The van der Waals surface area contributed by atoms with Gasteiger partial charge in [-0.05, 0) is 24.5 Å². The quantitative estimate of drug-likeness (QED) is 0.626. The van der Waals surface area contributed by atoms with Gasteiger partial charge in [0.05, 0.1) is 11.2 Å². The van der Waals surface area contributed by atoms with E-state index in [-0.39, 0.29) is 4.46 Å². The number of rotatable bonds is 2. The van der Waals surface area contributed by atoms with Crippen molar-refractivity contribution in [2.45, 2.75) is 17.3 Å². The Hall–Kier alpha value is -0.773. The van der Waals surface area contributed by atoms with Crippen molar-refractivity contribution < 1.29 is 0 Å². The first-order chi connectivity index (χ1) is 8.75. The van der Waals surface area contributed by atoms with E-state index >= 15 is 0 Å². The summed E-state index contributed by atoms with van der Waals surface area (Å²) in [6.07, 6.45) is 4.16. The van der Waals surface area contributed by atoms with Gasteiger partial charge in [0.1, 0.15) is 4.46 Å². The van der Waals surface area contributed by atoms with Crippen LogP contribution in [0.25, 0.3) is 10.9 Å². The Morgan fingerprint density at radius 3 is 3.00 bits per heavy atom. The third kappa shape index (κ3) is 2.22. The van der Waals surface area contributed by atoms with Crippen molar-refractivity contribution in [1.29, 1.82) is 0 Å². The lowest BCUT2D eigenvalue weighted by Crippen LogP contribution is -2.36. The molecule has 0 aliphatic carbocycles. The molecule has 0 radical (unpaired) electrons. The van der Waals surface area contributed by atoms with Crippen LogP contribution in [0.15, 0.2) is 30.5 Å². The first-order valence-electron chi connectivity index (χ1n) is 6.15. The van der Waals surface area contributed by atoms with E-state index in [9.17, 15) is 0 Å². The summed E-state index contributed by atoms with van der Waals surface area (Å²) in [6.45, 7) is 1.06. The highest BCUT2D eigenvalue weighted by molar-refractivity contribution is 6.70. The molecule has 1 aliphatic rings. The van der Waals surface area contributed by atoms with Crippen LogP contribution in [0.3, 0.4) is 0 Å². The molecule has 3 rings (SSSR count). The van der Waals surface area contributed by atoms with Gasteiger partial charge >= 0.3 is 0 Å². The number of hydrogen-bond acceptors (Lipinski definition) is 2. The summed E-state index contributed by atoms with van der Waals surface area (Å²) in [6, 6.07) is 8.46. The first kappa shape index (κ1) is 12.3. The van der Waals surface area contributed by atoms with E-state index in [2.05, 4.69) is 27.7 Å². The second-order valence-electron chi connectivity index (χ2n) is 4.59. The smallest absolute Gasteiger partial charge is 0.159 e. The van der Waals surface area contributed by atoms with Crippen LogP contribution in [0.1, 0.15) is 12.0 Å². The predicted molar refractivity (Wildman–Crippen MR) is 81.4 cm³/mol. The summed E-state index contributed by atoms with van der Waals surface area (Å²) in [5.41, 5.74) is 3.75. The van der Waals surface area contributed by atoms with E-state index in [4.69, 9.17) is 23.2 Å². The van der Waals surface area contributed by atoms with Crippen LogP contribution in [-0.4, -0.2) is 25.7 Å². The van der Waals surface area contributed by atoms with Gasteiger partial charge in [0.25, 0.3) is 0 Å². The molecule has 18 heavy (non-hydrogen) atoms. The van der Waals surface area contributed by atoms with E-state index in [1.807, 2.05) is 12.3 Å². The first-order valence-corrected chi connectivity index (χ1v) is 8.47. The summed E-state index contributed by atoms with van der Waals surface area (Å²) < 4.78 is 2.17. The molecule has 0 spiro atoms. The molecule has 1 aromatic carbocycles. The average Bonchev–Trinajstić information content (AvgIpc) is 2.38. The Morgan fingerprint density at radius 2 is 2.17 bits per heavy atom. The molecule has 0 unspecified atom stereocenters. The number of fused-ring (bicyclic) bond motifs is 3. The maximum absolute atomic E-state index is 5.99. The maximum atomic E-state index is 5.99. The van der Waals surface area contributed by atoms with Crippen molar-refractivity contribution >= 4 is 49.5 Å². The van der Waals surface area contributed by atoms with Crippen molar-refractivity contribution in [3.05, 3.63) is 36.0 Å². The van der Waals surface area contributed by atoms with Crippen molar-refractivity contribution in [3.63, 3.8) is 0 Å². The highest BCUT2D eigenvalue weighted by Gasteiger charge is 2.21. The van der Waals surface area contributed by atoms with Crippen LogP contribution < -0.4 is 4.57 Å². The molecule has 0 amide bonds. The number of alkyl halides is 2. The van der Waals surface area contributed by atoms with Gasteiger partial charge in [-0.25, -0.2) is 0 Å². The number of halogens is 2. The topological polar surface area (TPSA) is 16.1 Å². The van der Waals surface area contributed by atoms with E-state index in [0.717, 1.165) is 18.5 Å². The van der Waals surface area contributed by atoms with Crippen molar-refractivity contribution in [3.8, 4) is 0 Å². The fourth-order valence-electron chi connectivity index (χ4n) is 2.65. The summed E-state index contributed by atoms with van der Waals surface area (Å²) in [5, 5.41) is 1.19. The zero-order valence-corrected chi connectivity index (χ0v) is 12.9. The molecule has 0 saturated heterocycles. The zero-order valence-electron chi connectivity index (χ0n) is 9.94. The zero-order chi connectivity index (χ0) is 12.5. The Balaban J connectivity index is 2.15. The molecule has 1 aromatic heterocycles. The molecule has 2 heterocycles. The fourth-order valence-corrected chi connectivity index (χ4v) is 4.92. The van der Waals surface area contributed by atoms with Crippen LogP contribution >= 0.6 is 23.2 Å². The number of pyridine rings is 1. The monoisotopic (exact) mass is 296 g/mol. The van der Waals surface area contributed by atoms with E-state index < -0.39 is 9.68 Å². The molecule has 0 bridgehead atoms. The van der Waals surface area contributed by atoms with Gasteiger partial charge < -0.3 is 4.57 Å². The molecule has 2 nitrogen and oxygen atoms in total. The number of aromatic nitrogens is 1. The molecule has 0 fully saturated rings. The average molecular weight is 297 g/mol. The molecule has 1 aliphatic heterocycles. The second-order valence-corrected chi connectivity index (χ2v) is 8.85. The van der Waals surface area contributed by atoms with Gasteiger partial charge in [0.2, 0.25) is 0 Å². The second kappa shape index (κ2) is 5.08. The SMILES string of the molecule is ClC(Cl)[SiH2]N1CCCc2ccc3cccnc3c21. The number of hydrogen-bond donors (Lipinski definition) is 0. The van der Waals surface area contributed by atoms with Crippen LogP contribution in [-0.2, 0) is 6.42 Å². The molecule has 0 saturated carbocycles. The van der Waals surface area contributed by atoms with Gasteiger partial charge in [-0.15, -0.1) is 23.2 Å². The predicted octanol–water partition coefficient (Wildman–Crippen LogP) is 2.83. The van der Waals surface area contributed by atoms with E-state index in [1.54, 1.807) is 0 Å². The largest absolute Gasteiger partial charge is 0.398 e. The third-order valence-corrected chi connectivity index (χ3v) is 5.56. The van der Waals surface area contributed by atoms with Crippen molar-refractivity contribution in [2.24, 2.45) is 0 Å². The van der Waals surface area contributed by atoms with Crippen molar-refractivity contribution in [1.82, 2.24) is 4.98 Å². The molecular formula is C13H14Cl2N2Si. The molecule has 0 atom stereocenters. The minimum Gasteiger partial charge on any atom is -0.398 e. The van der Waals surface area contributed by atoms with Crippen molar-refractivity contribution in [2.75, 3.05) is 11.1 Å². The summed E-state index contributed by atoms with van der Waals surface area (Å²) >= 11 is 12.0. The Morgan fingerprint density at radius 1 is 1.28 bits per heavy atom. The standard InChI is InChI=1S/C13H14Cl2N2Si/c14-13(15)18-17-8-2-4-10-6-5-9-3-1-7-16-11(9)12(10)17/h1,3,5-7,13H,2,4,8,18H2. The number of nitrogens with zero attached hydrogens (tertiary/aromatic N) is 2. The summed E-state index contributed by atoms with van der Waals surface area (Å²) in [4.78, 5) is 4.55. The van der Waals surface area contributed by atoms with E-state index in [0.29, 0.717) is 0 Å². The number of aryl methyl sites for hydroxylation is 1. The van der Waals surface area contributed by atoms with Gasteiger partial charge in [0, 0.05) is 18.1 Å². The summed E-state index contributed by atoms with van der Waals surface area (Å²) in [5.74, 6) is 0. The molecule has 94 valence electrons. The van der Waals surface area contributed by atoms with Gasteiger partial charge in [0.15, 0.2) is 9.68 Å². The van der Waals surface area contributed by atoms with E-state index in [1.165, 1.54) is 23.1 Å². The lowest BCUT2D eigenvalue weighted by atomic mass is 10.0. The van der Waals surface area contributed by atoms with Gasteiger partial charge in [-0.3, -0.25) is 4.98 Å². The van der Waals surface area contributed by atoms with Crippen LogP contribution in [0.2, 0.25) is 0 Å².